The predicted molar refractivity (Wildman–Crippen MR) is 69.2 cm³/mol. The van der Waals surface area contributed by atoms with E-state index in [9.17, 15) is 9.90 Å². The molecule has 0 aromatic heterocycles. The van der Waals surface area contributed by atoms with Crippen molar-refractivity contribution in [2.45, 2.75) is 76.0 Å². The molecule has 4 heteroatoms. The largest absolute Gasteiger partial charge is 0.389 e. The van der Waals surface area contributed by atoms with Gasteiger partial charge in [0.25, 0.3) is 0 Å². The van der Waals surface area contributed by atoms with E-state index >= 15 is 0 Å². The molecule has 4 nitrogen and oxygen atoms in total. The number of rotatable bonds is 5. The smallest absolute Gasteiger partial charge is 0.223 e. The Labute approximate surface area is 109 Å². The summed E-state index contributed by atoms with van der Waals surface area (Å²) in [7, 11) is 0. The van der Waals surface area contributed by atoms with Gasteiger partial charge >= 0.3 is 0 Å². The van der Waals surface area contributed by atoms with Crippen molar-refractivity contribution in [3.05, 3.63) is 0 Å². The van der Waals surface area contributed by atoms with Crippen LogP contribution in [0.3, 0.4) is 0 Å². The Balaban J connectivity index is 1.81. The molecule has 2 unspecified atom stereocenters. The number of nitrogens with one attached hydrogen (secondary N) is 1. The van der Waals surface area contributed by atoms with Crippen molar-refractivity contribution in [1.82, 2.24) is 5.32 Å². The third-order valence-corrected chi connectivity index (χ3v) is 4.22. The molecule has 0 aromatic rings. The molecule has 2 atom stereocenters. The summed E-state index contributed by atoms with van der Waals surface area (Å²) in [6, 6.07) is 0.102. The summed E-state index contributed by atoms with van der Waals surface area (Å²) in [6.07, 6.45) is 7.00. The molecular formula is C14H25NO3. The minimum atomic E-state index is -0.751. The van der Waals surface area contributed by atoms with Gasteiger partial charge in [-0.15, -0.1) is 0 Å². The van der Waals surface area contributed by atoms with Gasteiger partial charge in [-0.05, 0) is 32.1 Å². The lowest BCUT2D eigenvalue weighted by Gasteiger charge is -2.26. The molecule has 1 heterocycles. The van der Waals surface area contributed by atoms with Crippen LogP contribution in [0.5, 0.6) is 0 Å². The van der Waals surface area contributed by atoms with Crippen LogP contribution < -0.4 is 5.32 Å². The number of amides is 1. The summed E-state index contributed by atoms with van der Waals surface area (Å²) in [5.41, 5.74) is -0.751. The van der Waals surface area contributed by atoms with Crippen LogP contribution in [-0.2, 0) is 9.53 Å². The minimum absolute atomic E-state index is 0.0262. The van der Waals surface area contributed by atoms with E-state index in [1.165, 1.54) is 0 Å². The number of carbonyl (C=O) groups excluding carboxylic acids is 1. The van der Waals surface area contributed by atoms with E-state index in [4.69, 9.17) is 4.74 Å². The maximum atomic E-state index is 12.0. The molecule has 0 radical (unpaired) electrons. The molecule has 1 saturated carbocycles. The average Bonchev–Trinajstić information content (AvgIpc) is 2.97. The third kappa shape index (κ3) is 3.45. The summed E-state index contributed by atoms with van der Waals surface area (Å²) in [6.45, 7) is 2.87. The normalized spacial score (nSPS) is 28.2. The van der Waals surface area contributed by atoms with Gasteiger partial charge in [-0.3, -0.25) is 4.79 Å². The molecule has 0 aromatic carbocycles. The van der Waals surface area contributed by atoms with Crippen LogP contribution in [0, 0.1) is 0 Å². The fraction of sp³-hybridized carbons (Fsp3) is 0.929. The van der Waals surface area contributed by atoms with Crippen LogP contribution in [0.1, 0.15) is 58.3 Å². The number of hydrogen-bond donors (Lipinski definition) is 2. The van der Waals surface area contributed by atoms with E-state index in [-0.39, 0.29) is 24.5 Å². The number of aliphatic hydroxyl groups is 1. The second-order valence-corrected chi connectivity index (χ2v) is 5.74. The summed E-state index contributed by atoms with van der Waals surface area (Å²) in [5, 5.41) is 13.3. The summed E-state index contributed by atoms with van der Waals surface area (Å²) in [5.74, 6) is -0.0262. The molecule has 1 amide bonds. The van der Waals surface area contributed by atoms with E-state index in [0.717, 1.165) is 51.6 Å². The Morgan fingerprint density at radius 1 is 1.44 bits per heavy atom. The minimum Gasteiger partial charge on any atom is -0.389 e. The summed E-state index contributed by atoms with van der Waals surface area (Å²) in [4.78, 5) is 12.0. The molecule has 2 fully saturated rings. The van der Waals surface area contributed by atoms with Crippen molar-refractivity contribution in [2.75, 3.05) is 6.61 Å². The highest BCUT2D eigenvalue weighted by molar-refractivity contribution is 5.77. The van der Waals surface area contributed by atoms with Gasteiger partial charge in [-0.25, -0.2) is 0 Å². The van der Waals surface area contributed by atoms with E-state index in [0.29, 0.717) is 0 Å². The highest BCUT2D eigenvalue weighted by Gasteiger charge is 2.34. The first kappa shape index (κ1) is 13.8. The monoisotopic (exact) mass is 255 g/mol. The maximum absolute atomic E-state index is 12.0. The van der Waals surface area contributed by atoms with Crippen LogP contribution in [0.25, 0.3) is 0 Å². The van der Waals surface area contributed by atoms with Crippen LogP contribution in [-0.4, -0.2) is 35.4 Å². The van der Waals surface area contributed by atoms with Crippen LogP contribution in [0.15, 0.2) is 0 Å². The highest BCUT2D eigenvalue weighted by Crippen LogP contribution is 2.32. The van der Waals surface area contributed by atoms with Gasteiger partial charge in [0.05, 0.1) is 24.2 Å². The Morgan fingerprint density at radius 2 is 2.17 bits per heavy atom. The fourth-order valence-electron chi connectivity index (χ4n) is 3.14. The summed E-state index contributed by atoms with van der Waals surface area (Å²) >= 11 is 0. The molecule has 104 valence electrons. The Kier molecular flexibility index (Phi) is 4.62. The van der Waals surface area contributed by atoms with Crippen LogP contribution >= 0.6 is 0 Å². The van der Waals surface area contributed by atoms with Crippen molar-refractivity contribution in [3.63, 3.8) is 0 Å². The second kappa shape index (κ2) is 6.02. The molecule has 1 aliphatic carbocycles. The molecule has 2 aliphatic rings. The predicted octanol–water partition coefficient (Wildman–Crippen LogP) is 1.76. The fourth-order valence-corrected chi connectivity index (χ4v) is 3.14. The van der Waals surface area contributed by atoms with Gasteiger partial charge < -0.3 is 15.2 Å². The maximum Gasteiger partial charge on any atom is 0.223 e. The van der Waals surface area contributed by atoms with E-state index in [1.807, 2.05) is 0 Å². The molecule has 2 rings (SSSR count). The first-order chi connectivity index (χ1) is 8.63. The highest BCUT2D eigenvalue weighted by atomic mass is 16.5. The lowest BCUT2D eigenvalue weighted by atomic mass is 9.97. The first-order valence-electron chi connectivity index (χ1n) is 7.26. The average molecular weight is 255 g/mol. The number of carbonyl (C=O) groups is 1. The van der Waals surface area contributed by atoms with Gasteiger partial charge in [0, 0.05) is 6.61 Å². The molecular weight excluding hydrogens is 230 g/mol. The Bertz CT molecular complexity index is 281. The first-order valence-corrected chi connectivity index (χ1v) is 7.26. The lowest BCUT2D eigenvalue weighted by molar-refractivity contribution is -0.127. The van der Waals surface area contributed by atoms with E-state index < -0.39 is 5.60 Å². The lowest BCUT2D eigenvalue weighted by Crippen LogP contribution is -2.45. The van der Waals surface area contributed by atoms with Crippen molar-refractivity contribution in [3.8, 4) is 0 Å². The molecule has 0 spiro atoms. The second-order valence-electron chi connectivity index (χ2n) is 5.74. The molecule has 18 heavy (non-hydrogen) atoms. The SMILES string of the molecule is CCC(NC(=O)CC1(O)CCCC1)C1CCCO1. The van der Waals surface area contributed by atoms with Crippen molar-refractivity contribution < 1.29 is 14.6 Å². The molecule has 0 bridgehead atoms. The van der Waals surface area contributed by atoms with E-state index in [1.54, 1.807) is 0 Å². The number of ether oxygens (including phenoxy) is 1. The zero-order valence-electron chi connectivity index (χ0n) is 11.3. The zero-order chi connectivity index (χ0) is 13.0. The van der Waals surface area contributed by atoms with Crippen LogP contribution in [0.4, 0.5) is 0 Å². The zero-order valence-corrected chi connectivity index (χ0v) is 11.3. The van der Waals surface area contributed by atoms with Gasteiger partial charge in [-0.1, -0.05) is 19.8 Å². The van der Waals surface area contributed by atoms with Crippen molar-refractivity contribution in [1.29, 1.82) is 0 Å². The molecule has 1 saturated heterocycles. The van der Waals surface area contributed by atoms with E-state index in [2.05, 4.69) is 12.2 Å². The van der Waals surface area contributed by atoms with Gasteiger partial charge in [0.2, 0.25) is 5.91 Å². The molecule has 2 N–H and O–H groups in total. The van der Waals surface area contributed by atoms with Crippen LogP contribution in [0.2, 0.25) is 0 Å². The van der Waals surface area contributed by atoms with Gasteiger partial charge in [0.15, 0.2) is 0 Å². The van der Waals surface area contributed by atoms with Gasteiger partial charge in [-0.2, -0.15) is 0 Å². The number of hydrogen-bond acceptors (Lipinski definition) is 3. The topological polar surface area (TPSA) is 58.6 Å². The standard InChI is InChI=1S/C14H25NO3/c1-2-11(12-6-5-9-18-12)15-13(16)10-14(17)7-3-4-8-14/h11-12,17H,2-10H2,1H3,(H,15,16). The van der Waals surface area contributed by atoms with Crippen molar-refractivity contribution >= 4 is 5.91 Å². The Morgan fingerprint density at radius 3 is 2.72 bits per heavy atom. The van der Waals surface area contributed by atoms with Crippen molar-refractivity contribution in [2.24, 2.45) is 0 Å². The Hall–Kier alpha value is -0.610. The van der Waals surface area contributed by atoms with Gasteiger partial charge in [0.1, 0.15) is 0 Å². The summed E-state index contributed by atoms with van der Waals surface area (Å²) < 4.78 is 5.62. The third-order valence-electron chi connectivity index (χ3n) is 4.22. The quantitative estimate of drug-likeness (QED) is 0.787. The molecule has 1 aliphatic heterocycles.